The number of aliphatic hydroxyl groups is 2. The smallest absolute Gasteiger partial charge is 0.311 e. The number of esters is 2. The van der Waals surface area contributed by atoms with Crippen LogP contribution in [0.3, 0.4) is 0 Å². The normalized spacial score (nSPS) is 44.8. The van der Waals surface area contributed by atoms with Crippen LogP contribution in [0.5, 0.6) is 0 Å². The predicted molar refractivity (Wildman–Crippen MR) is 228 cm³/mol. The van der Waals surface area contributed by atoms with E-state index >= 15 is 0 Å². The topological polar surface area (TPSA) is 192 Å². The Hall–Kier alpha value is -2.29. The summed E-state index contributed by atoms with van der Waals surface area (Å²) in [6, 6.07) is -0.294. The first kappa shape index (κ1) is 52.3. The highest BCUT2D eigenvalue weighted by molar-refractivity contribution is 5.89. The molecule has 4 fully saturated rings. The minimum absolute atomic E-state index is 0.00566. The number of likely N-dealkylation sites (N-methyl/N-ethyl adjacent to an activating group) is 1. The molecule has 4 aliphatic rings. The third kappa shape index (κ3) is 11.9. The van der Waals surface area contributed by atoms with Crippen molar-refractivity contribution in [3.05, 3.63) is 12.2 Å². The third-order valence-corrected chi connectivity index (χ3v) is 13.5. The van der Waals surface area contributed by atoms with Gasteiger partial charge in [0.2, 0.25) is 6.79 Å². The van der Waals surface area contributed by atoms with E-state index in [9.17, 15) is 19.8 Å². The van der Waals surface area contributed by atoms with Crippen molar-refractivity contribution < 1.29 is 72.0 Å². The zero-order chi connectivity index (χ0) is 46.5. The number of rotatable bonds is 11. The number of ether oxygens (including phenoxy) is 10. The molecule has 4 saturated heterocycles. The Labute approximate surface area is 369 Å². The Kier molecular flexibility index (Phi) is 18.4. The number of nitrogens with zero attached hydrogens (tertiary/aromatic N) is 2. The Bertz CT molecular complexity index is 1530. The maximum atomic E-state index is 14.7. The van der Waals surface area contributed by atoms with Crippen LogP contribution in [0.15, 0.2) is 17.3 Å². The molecule has 0 spiro atoms. The molecular formula is C45H78N2O15. The maximum Gasteiger partial charge on any atom is 0.311 e. The molecule has 17 heteroatoms. The lowest BCUT2D eigenvalue weighted by Gasteiger charge is -2.50. The zero-order valence-corrected chi connectivity index (χ0v) is 39.9. The van der Waals surface area contributed by atoms with Crippen LogP contribution in [0.25, 0.3) is 0 Å². The number of carbonyl (C=O) groups is 2. The number of hydrogen-bond donors (Lipinski definition) is 2. The van der Waals surface area contributed by atoms with Gasteiger partial charge in [-0.05, 0) is 80.5 Å². The van der Waals surface area contributed by atoms with Crippen molar-refractivity contribution >= 4 is 17.7 Å². The van der Waals surface area contributed by atoms with Gasteiger partial charge in [-0.2, -0.15) is 0 Å². The quantitative estimate of drug-likeness (QED) is 0.0976. The molecule has 0 amide bonds. The van der Waals surface area contributed by atoms with E-state index in [2.05, 4.69) is 11.7 Å². The Morgan fingerprint density at radius 2 is 1.66 bits per heavy atom. The molecule has 0 aromatic carbocycles. The summed E-state index contributed by atoms with van der Waals surface area (Å²) in [6.45, 7) is 23.9. The fraction of sp³-hybridized carbons (Fsp3) is 0.889. The van der Waals surface area contributed by atoms with Crippen molar-refractivity contribution in [2.24, 2.45) is 28.8 Å². The molecule has 62 heavy (non-hydrogen) atoms. The van der Waals surface area contributed by atoms with Gasteiger partial charge in [0.1, 0.15) is 23.4 Å². The second kappa shape index (κ2) is 21.8. The zero-order valence-electron chi connectivity index (χ0n) is 39.9. The van der Waals surface area contributed by atoms with Crippen LogP contribution in [0, 0.1) is 23.7 Å². The lowest BCUT2D eigenvalue weighted by Crippen LogP contribution is -2.62. The van der Waals surface area contributed by atoms with Gasteiger partial charge >= 0.3 is 11.9 Å². The van der Waals surface area contributed by atoms with Crippen molar-refractivity contribution in [1.29, 1.82) is 0 Å². The Morgan fingerprint density at radius 3 is 2.26 bits per heavy atom. The van der Waals surface area contributed by atoms with E-state index < -0.39 is 108 Å². The van der Waals surface area contributed by atoms with E-state index in [0.717, 1.165) is 0 Å². The van der Waals surface area contributed by atoms with Crippen molar-refractivity contribution in [3.63, 3.8) is 0 Å². The molecule has 0 aromatic heterocycles. The summed E-state index contributed by atoms with van der Waals surface area (Å²) in [6.07, 6.45) is -7.62. The van der Waals surface area contributed by atoms with Crippen molar-refractivity contribution in [1.82, 2.24) is 4.90 Å². The Balaban J connectivity index is 1.98. The van der Waals surface area contributed by atoms with E-state index in [1.807, 2.05) is 67.5 Å². The highest BCUT2D eigenvalue weighted by Gasteiger charge is 2.55. The van der Waals surface area contributed by atoms with Crippen LogP contribution in [-0.2, 0) is 61.8 Å². The van der Waals surface area contributed by atoms with Gasteiger partial charge in [-0.25, -0.2) is 0 Å². The molecule has 0 aliphatic carbocycles. The van der Waals surface area contributed by atoms with E-state index in [-0.39, 0.29) is 51.4 Å². The molecule has 358 valence electrons. The average molecular weight is 887 g/mol. The maximum absolute atomic E-state index is 14.7. The minimum Gasteiger partial charge on any atom is -0.459 e. The lowest BCUT2D eigenvalue weighted by atomic mass is 9.73. The number of methoxy groups -OCH3 is 2. The third-order valence-electron chi connectivity index (χ3n) is 13.5. The van der Waals surface area contributed by atoms with Crippen LogP contribution in [0.4, 0.5) is 0 Å². The fourth-order valence-corrected chi connectivity index (χ4v) is 10.1. The van der Waals surface area contributed by atoms with Crippen LogP contribution in [0.1, 0.15) is 102 Å². The highest BCUT2D eigenvalue weighted by Crippen LogP contribution is 2.43. The Morgan fingerprint density at radius 1 is 0.984 bits per heavy atom. The molecule has 17 nitrogen and oxygen atoms in total. The van der Waals surface area contributed by atoms with Gasteiger partial charge in [0.15, 0.2) is 18.7 Å². The summed E-state index contributed by atoms with van der Waals surface area (Å²) in [5, 5.41) is 29.1. The molecule has 0 radical (unpaired) electrons. The largest absolute Gasteiger partial charge is 0.459 e. The molecule has 2 N–H and O–H groups in total. The van der Waals surface area contributed by atoms with Gasteiger partial charge in [-0.3, -0.25) is 9.59 Å². The molecular weight excluding hydrogens is 808 g/mol. The molecule has 0 aromatic rings. The van der Waals surface area contributed by atoms with Crippen molar-refractivity contribution in [2.45, 2.75) is 186 Å². The second-order valence-electron chi connectivity index (χ2n) is 19.0. The molecule has 4 rings (SSSR count). The molecule has 4 heterocycles. The van der Waals surface area contributed by atoms with Crippen LogP contribution >= 0.6 is 0 Å². The molecule has 0 saturated carbocycles. The first-order valence-corrected chi connectivity index (χ1v) is 22.2. The summed E-state index contributed by atoms with van der Waals surface area (Å²) in [7, 11) is 6.84. The van der Waals surface area contributed by atoms with E-state index in [1.165, 1.54) is 21.1 Å². The SMILES string of the molecule is C=C1CO[C@@H]2[C@@H](C)/C(=N/OCOC)[C@H](C)C[C@@](C)(OC1)[C@H](O[C@@H]1O[C@H](C)C[C@H](N(C)C)[C@H]1O)[C@@H](C)[C@H](O[C@H]1C[C@@](C)(OC)[C@@H](OC(C)=O)[C@H](C)O1)[C@@H](C)C(=O)O[C@H](CC)[C@@]2(C)O. The number of carbonyl (C=O) groups excluding carboxylic acids is 2. The number of aliphatic hydroxyl groups excluding tert-OH is 1. The van der Waals surface area contributed by atoms with Gasteiger partial charge in [0.05, 0.1) is 61.0 Å². The number of cyclic esters (lactones) is 1. The van der Waals surface area contributed by atoms with Crippen LogP contribution in [0.2, 0.25) is 0 Å². The first-order chi connectivity index (χ1) is 28.9. The lowest BCUT2D eigenvalue weighted by molar-refractivity contribution is -0.320. The fourth-order valence-electron chi connectivity index (χ4n) is 10.1. The van der Waals surface area contributed by atoms with Crippen molar-refractivity contribution in [2.75, 3.05) is 48.3 Å². The summed E-state index contributed by atoms with van der Waals surface area (Å²) in [4.78, 5) is 34.5. The van der Waals surface area contributed by atoms with Gasteiger partial charge in [0.25, 0.3) is 0 Å². The van der Waals surface area contributed by atoms with Crippen molar-refractivity contribution in [3.8, 4) is 0 Å². The summed E-state index contributed by atoms with van der Waals surface area (Å²) >= 11 is 0. The monoisotopic (exact) mass is 887 g/mol. The standard InChI is InChI=1S/C45H78N2O15/c1-17-33-45(12,51)39-27(5)35(46-56-23-52-15)25(3)19-44(11,55-22-24(2)21-54-39)38(62-42-36(49)32(47(13)14)18-26(4)57-42)28(6)37(29(7)41(50)60-33)61-34-20-43(10,53-16)40(30(8)58-34)59-31(9)48/h25-30,32-34,36-40,42,49,51H,2,17-23H2,1,3-16H3/b46-35+/t25-,26-,27+,28+,29-,30+,32+,33-,34+,36-,37+,38-,39-,40+,42+,43-,44-,45-/m1/s1. The first-order valence-electron chi connectivity index (χ1n) is 22.2. The second-order valence-corrected chi connectivity index (χ2v) is 19.0. The summed E-state index contributed by atoms with van der Waals surface area (Å²) < 4.78 is 63.7. The molecule has 2 bridgehead atoms. The van der Waals surface area contributed by atoms with E-state index in [1.54, 1.807) is 20.8 Å². The van der Waals surface area contributed by atoms with E-state index in [0.29, 0.717) is 17.7 Å². The number of hydrogen-bond acceptors (Lipinski definition) is 17. The van der Waals surface area contributed by atoms with Gasteiger partial charge in [0, 0.05) is 51.4 Å². The minimum atomic E-state index is -1.75. The highest BCUT2D eigenvalue weighted by atomic mass is 16.7. The van der Waals surface area contributed by atoms with Gasteiger partial charge in [-0.15, -0.1) is 0 Å². The van der Waals surface area contributed by atoms with Gasteiger partial charge in [-0.1, -0.05) is 39.4 Å². The number of oxime groups is 1. The van der Waals surface area contributed by atoms with E-state index in [4.69, 9.17) is 52.2 Å². The van der Waals surface area contributed by atoms with Crippen LogP contribution < -0.4 is 0 Å². The molecule has 4 aliphatic heterocycles. The summed E-state index contributed by atoms with van der Waals surface area (Å²) in [5.41, 5.74) is -2.89. The molecule has 18 atom stereocenters. The molecule has 0 unspecified atom stereocenters. The van der Waals surface area contributed by atoms with Crippen LogP contribution in [-0.4, -0.2) is 165 Å². The van der Waals surface area contributed by atoms with Gasteiger partial charge < -0.3 is 67.3 Å². The number of fused-ring (bicyclic) bond motifs is 5. The average Bonchev–Trinajstić information content (AvgIpc) is 3.21. The summed E-state index contributed by atoms with van der Waals surface area (Å²) in [5.74, 6) is -3.84. The predicted octanol–water partition coefficient (Wildman–Crippen LogP) is 4.38.